The highest BCUT2D eigenvalue weighted by molar-refractivity contribution is 5.88. The van der Waals surface area contributed by atoms with Crippen molar-refractivity contribution in [2.75, 3.05) is 11.9 Å². The van der Waals surface area contributed by atoms with Crippen LogP contribution in [0.25, 0.3) is 0 Å². The first-order valence-corrected chi connectivity index (χ1v) is 9.01. The number of carbonyl (C=O) groups excluding carboxylic acids is 1. The Labute approximate surface area is 160 Å². The van der Waals surface area contributed by atoms with Gasteiger partial charge in [0.25, 0.3) is 0 Å². The lowest BCUT2D eigenvalue weighted by atomic mass is 9.87. The van der Waals surface area contributed by atoms with Gasteiger partial charge in [-0.15, -0.1) is 0 Å². The van der Waals surface area contributed by atoms with Gasteiger partial charge in [-0.25, -0.2) is 4.79 Å². The smallest absolute Gasteiger partial charge is 0.335 e. The van der Waals surface area contributed by atoms with Crippen LogP contribution in [0, 0.1) is 19.3 Å². The Morgan fingerprint density at radius 2 is 1.85 bits per heavy atom. The van der Waals surface area contributed by atoms with Crippen molar-refractivity contribution in [2.45, 2.75) is 40.5 Å². The van der Waals surface area contributed by atoms with E-state index in [1.165, 1.54) is 0 Å². The number of ether oxygens (including phenoxy) is 1. The normalized spacial score (nSPS) is 11.1. The first-order valence-electron chi connectivity index (χ1n) is 9.01. The third kappa shape index (κ3) is 6.44. The standard InChI is InChI=1S/C22H27NO4/c1-15-8-9-16(2)19(12-15)27-20(24)10-11-22(3,4)14-23-18-7-5-6-17(13-18)21(25)26/h5-9,12-13,23H,10-11,14H2,1-4H3,(H,25,26). The van der Waals surface area contributed by atoms with Crippen molar-refractivity contribution in [1.82, 2.24) is 0 Å². The number of esters is 1. The van der Waals surface area contributed by atoms with Crippen LogP contribution in [0.15, 0.2) is 42.5 Å². The van der Waals surface area contributed by atoms with Gasteiger partial charge >= 0.3 is 11.9 Å². The van der Waals surface area contributed by atoms with Gasteiger partial charge < -0.3 is 15.2 Å². The zero-order valence-corrected chi connectivity index (χ0v) is 16.3. The first kappa shape index (κ1) is 20.5. The van der Waals surface area contributed by atoms with Crippen molar-refractivity contribution in [3.8, 4) is 5.75 Å². The van der Waals surface area contributed by atoms with Crippen molar-refractivity contribution in [1.29, 1.82) is 0 Å². The van der Waals surface area contributed by atoms with Crippen molar-refractivity contribution in [3.63, 3.8) is 0 Å². The largest absolute Gasteiger partial charge is 0.478 e. The number of rotatable bonds is 8. The van der Waals surface area contributed by atoms with Crippen molar-refractivity contribution in [2.24, 2.45) is 5.41 Å². The lowest BCUT2D eigenvalue weighted by molar-refractivity contribution is -0.135. The summed E-state index contributed by atoms with van der Waals surface area (Å²) in [6.45, 7) is 8.62. The molecule has 0 amide bonds. The summed E-state index contributed by atoms with van der Waals surface area (Å²) in [5, 5.41) is 12.3. The fourth-order valence-electron chi connectivity index (χ4n) is 2.62. The highest BCUT2D eigenvalue weighted by atomic mass is 16.5. The fraction of sp³-hybridized carbons (Fsp3) is 0.364. The number of carboxylic acids is 1. The minimum absolute atomic E-state index is 0.153. The van der Waals surface area contributed by atoms with Crippen LogP contribution in [-0.2, 0) is 4.79 Å². The molecule has 2 aromatic rings. The van der Waals surface area contributed by atoms with Gasteiger partial charge in [-0.1, -0.05) is 32.0 Å². The number of benzene rings is 2. The maximum Gasteiger partial charge on any atom is 0.335 e. The predicted molar refractivity (Wildman–Crippen MR) is 106 cm³/mol. The molecule has 2 N–H and O–H groups in total. The van der Waals surface area contributed by atoms with E-state index in [1.807, 2.05) is 38.1 Å². The molecule has 0 radical (unpaired) electrons. The van der Waals surface area contributed by atoms with Gasteiger partial charge in [0.2, 0.25) is 0 Å². The molecule has 0 aliphatic rings. The molecule has 0 aliphatic carbocycles. The Morgan fingerprint density at radius 1 is 1.11 bits per heavy atom. The molecule has 2 aromatic carbocycles. The predicted octanol–water partition coefficient (Wildman–Crippen LogP) is 4.83. The minimum Gasteiger partial charge on any atom is -0.478 e. The maximum atomic E-state index is 12.2. The second kappa shape index (κ2) is 8.71. The fourth-order valence-corrected chi connectivity index (χ4v) is 2.62. The Hall–Kier alpha value is -2.82. The Balaban J connectivity index is 1.86. The van der Waals surface area contributed by atoms with E-state index in [2.05, 4.69) is 19.2 Å². The van der Waals surface area contributed by atoms with Gasteiger partial charge in [0.1, 0.15) is 5.75 Å². The summed E-state index contributed by atoms with van der Waals surface area (Å²) in [4.78, 5) is 23.3. The Kier molecular flexibility index (Phi) is 6.61. The van der Waals surface area contributed by atoms with E-state index in [9.17, 15) is 9.59 Å². The number of aryl methyl sites for hydroxylation is 2. The number of anilines is 1. The lowest BCUT2D eigenvalue weighted by Crippen LogP contribution is -2.25. The number of aromatic carboxylic acids is 1. The number of carbonyl (C=O) groups is 2. The van der Waals surface area contributed by atoms with Crippen LogP contribution in [0.4, 0.5) is 5.69 Å². The molecule has 2 rings (SSSR count). The molecule has 0 aromatic heterocycles. The molecule has 0 bridgehead atoms. The average Bonchev–Trinajstić information content (AvgIpc) is 2.62. The van der Waals surface area contributed by atoms with Gasteiger partial charge in [-0.05, 0) is 61.1 Å². The molecular weight excluding hydrogens is 342 g/mol. The van der Waals surface area contributed by atoms with E-state index in [1.54, 1.807) is 18.2 Å². The van der Waals surface area contributed by atoms with Crippen LogP contribution in [0.5, 0.6) is 5.75 Å². The van der Waals surface area contributed by atoms with E-state index < -0.39 is 5.97 Å². The number of hydrogen-bond donors (Lipinski definition) is 2. The summed E-state index contributed by atoms with van der Waals surface area (Å²) in [5.74, 6) is -0.585. The summed E-state index contributed by atoms with van der Waals surface area (Å²) in [6.07, 6.45) is 0.972. The lowest BCUT2D eigenvalue weighted by Gasteiger charge is -2.25. The molecular formula is C22H27NO4. The molecule has 0 fully saturated rings. The van der Waals surface area contributed by atoms with Crippen molar-refractivity contribution < 1.29 is 19.4 Å². The van der Waals surface area contributed by atoms with E-state index in [0.717, 1.165) is 16.8 Å². The Bertz CT molecular complexity index is 827. The molecule has 27 heavy (non-hydrogen) atoms. The topological polar surface area (TPSA) is 75.6 Å². The minimum atomic E-state index is -0.952. The molecule has 5 nitrogen and oxygen atoms in total. The third-order valence-electron chi connectivity index (χ3n) is 4.45. The number of carboxylic acid groups (broad SMARTS) is 1. The van der Waals surface area contributed by atoms with E-state index in [0.29, 0.717) is 25.1 Å². The van der Waals surface area contributed by atoms with Gasteiger partial charge in [-0.2, -0.15) is 0 Å². The van der Waals surface area contributed by atoms with E-state index in [-0.39, 0.29) is 16.9 Å². The molecule has 0 atom stereocenters. The van der Waals surface area contributed by atoms with Gasteiger partial charge in [0.15, 0.2) is 0 Å². The van der Waals surface area contributed by atoms with Gasteiger partial charge in [0, 0.05) is 18.7 Å². The van der Waals surface area contributed by atoms with Crippen molar-refractivity contribution in [3.05, 3.63) is 59.2 Å². The molecule has 0 saturated carbocycles. The molecule has 0 heterocycles. The molecule has 5 heteroatoms. The van der Waals surface area contributed by atoms with Crippen LogP contribution < -0.4 is 10.1 Å². The van der Waals surface area contributed by atoms with Crippen LogP contribution >= 0.6 is 0 Å². The summed E-state index contributed by atoms with van der Waals surface area (Å²) in [6, 6.07) is 12.5. The summed E-state index contributed by atoms with van der Waals surface area (Å²) < 4.78 is 5.50. The maximum absolute atomic E-state index is 12.2. The zero-order chi connectivity index (χ0) is 20.0. The summed E-state index contributed by atoms with van der Waals surface area (Å²) in [5.41, 5.74) is 2.83. The number of hydrogen-bond acceptors (Lipinski definition) is 4. The first-order chi connectivity index (χ1) is 12.7. The second-order valence-electron chi connectivity index (χ2n) is 7.65. The SMILES string of the molecule is Cc1ccc(C)c(OC(=O)CCC(C)(C)CNc2cccc(C(=O)O)c2)c1. The molecule has 0 saturated heterocycles. The van der Waals surface area contributed by atoms with Crippen LogP contribution in [0.1, 0.15) is 48.2 Å². The van der Waals surface area contributed by atoms with Crippen molar-refractivity contribution >= 4 is 17.6 Å². The van der Waals surface area contributed by atoms with E-state index >= 15 is 0 Å². The average molecular weight is 369 g/mol. The third-order valence-corrected chi connectivity index (χ3v) is 4.45. The molecule has 0 unspecified atom stereocenters. The van der Waals surface area contributed by atoms with Gasteiger partial charge in [0.05, 0.1) is 5.56 Å². The summed E-state index contributed by atoms with van der Waals surface area (Å²) in [7, 11) is 0. The highest BCUT2D eigenvalue weighted by Crippen LogP contribution is 2.25. The molecule has 144 valence electrons. The number of nitrogens with one attached hydrogen (secondary N) is 1. The quantitative estimate of drug-likeness (QED) is 0.515. The Morgan fingerprint density at radius 3 is 2.56 bits per heavy atom. The van der Waals surface area contributed by atoms with E-state index in [4.69, 9.17) is 9.84 Å². The highest BCUT2D eigenvalue weighted by Gasteiger charge is 2.20. The van der Waals surface area contributed by atoms with Crippen LogP contribution in [-0.4, -0.2) is 23.6 Å². The van der Waals surface area contributed by atoms with Crippen LogP contribution in [0.3, 0.4) is 0 Å². The molecule has 0 aliphatic heterocycles. The monoisotopic (exact) mass is 369 g/mol. The van der Waals surface area contributed by atoms with Crippen LogP contribution in [0.2, 0.25) is 0 Å². The zero-order valence-electron chi connectivity index (χ0n) is 16.3. The second-order valence-corrected chi connectivity index (χ2v) is 7.65. The molecule has 0 spiro atoms. The summed E-state index contributed by atoms with van der Waals surface area (Å²) >= 11 is 0. The van der Waals surface area contributed by atoms with Gasteiger partial charge in [-0.3, -0.25) is 4.79 Å².